The number of benzene rings is 2. The van der Waals surface area contributed by atoms with Crippen LogP contribution < -0.4 is 23.4 Å². The summed E-state index contributed by atoms with van der Waals surface area (Å²) in [5, 5.41) is 12.7. The fraction of sp³-hybridized carbons (Fsp3) is 0.118. The van der Waals surface area contributed by atoms with Gasteiger partial charge in [-0.25, -0.2) is 23.1 Å². The van der Waals surface area contributed by atoms with Gasteiger partial charge in [0.15, 0.2) is 0 Å². The minimum absolute atomic E-state index is 0.0473. The Morgan fingerprint density at radius 2 is 1.64 bits per heavy atom. The van der Waals surface area contributed by atoms with E-state index < -0.39 is 15.2 Å². The first kappa shape index (κ1) is 22.0. The summed E-state index contributed by atoms with van der Waals surface area (Å²) in [4.78, 5) is 10.4. The minimum atomic E-state index is -4.94. The van der Waals surface area contributed by atoms with Crippen molar-refractivity contribution in [1.82, 2.24) is 0 Å². The van der Waals surface area contributed by atoms with Crippen LogP contribution >= 0.6 is 15.9 Å². The Morgan fingerprint density at radius 3 is 2.14 bits per heavy atom. The summed E-state index contributed by atoms with van der Waals surface area (Å²) in [6, 6.07) is 12.1. The van der Waals surface area contributed by atoms with Crippen molar-refractivity contribution in [2.24, 2.45) is 0 Å². The van der Waals surface area contributed by atoms with Crippen LogP contribution in [0.15, 0.2) is 51.4 Å². The number of nitrogens with zero attached hydrogens (tertiary/aromatic N) is 1. The fourth-order valence-corrected chi connectivity index (χ4v) is 2.98. The number of halogens is 2. The minimum Gasteiger partial charge on any atom is -0.496 e. The van der Waals surface area contributed by atoms with Crippen LogP contribution in [0.1, 0.15) is 5.76 Å². The number of aryl methyl sites for hydroxylation is 1. The molecule has 11 heteroatoms. The molecule has 3 rings (SSSR count). The van der Waals surface area contributed by atoms with Crippen LogP contribution in [-0.4, -0.2) is 12.0 Å². The van der Waals surface area contributed by atoms with Crippen LogP contribution in [-0.2, 0) is 0 Å². The maximum Gasteiger partial charge on any atom is 0.368 e. The molecule has 0 N–H and O–H groups in total. The Balaban J connectivity index is 0.000000500. The Hall–Kier alpha value is -2.34. The van der Waals surface area contributed by atoms with E-state index in [9.17, 15) is 10.1 Å². The summed E-state index contributed by atoms with van der Waals surface area (Å²) >= 11 is 3.48. The van der Waals surface area contributed by atoms with Crippen molar-refractivity contribution in [2.75, 3.05) is 7.11 Å². The summed E-state index contributed by atoms with van der Waals surface area (Å²) < 4.78 is 46.0. The molecule has 0 atom stereocenters. The van der Waals surface area contributed by atoms with Gasteiger partial charge in [-0.1, -0.05) is 0 Å². The number of ether oxygens (including phenoxy) is 1. The average Bonchev–Trinajstić information content (AvgIpc) is 2.59. The molecule has 28 heavy (non-hydrogen) atoms. The van der Waals surface area contributed by atoms with Crippen molar-refractivity contribution >= 4 is 32.4 Å². The van der Waals surface area contributed by atoms with Gasteiger partial charge >= 0.3 is 11.5 Å². The summed E-state index contributed by atoms with van der Waals surface area (Å²) in [6.07, 6.45) is 0. The van der Waals surface area contributed by atoms with Gasteiger partial charge in [-0.05, 0) is 40.2 Å². The first-order valence-electron chi connectivity index (χ1n) is 7.47. The fourth-order valence-electron chi connectivity index (χ4n) is 2.45. The lowest BCUT2D eigenvalue weighted by molar-refractivity contribution is -2.00. The van der Waals surface area contributed by atoms with Crippen molar-refractivity contribution in [3.63, 3.8) is 0 Å². The number of fused-ring (bicyclic) bond motifs is 1. The third-order valence-electron chi connectivity index (χ3n) is 3.53. The van der Waals surface area contributed by atoms with Crippen LogP contribution in [0.25, 0.3) is 22.1 Å². The standard InChI is InChI=1S/C17H13BrNO4.ClHO4/c1-10-7-12-8-15(18)16(22-2)9-14(12)17(23-10)11-3-5-13(6-4-11)19(20)21;2-1(3,4)5/h3-9H,1-2H3;(H,2,3,4,5)/q+1;/p-1. The molecule has 1 aromatic heterocycles. The molecule has 1 heterocycles. The molecule has 0 fully saturated rings. The van der Waals surface area contributed by atoms with Crippen LogP contribution in [0.5, 0.6) is 5.75 Å². The van der Waals surface area contributed by atoms with Crippen molar-refractivity contribution in [3.05, 3.63) is 62.8 Å². The van der Waals surface area contributed by atoms with Gasteiger partial charge in [0.2, 0.25) is 0 Å². The number of nitro groups is 1. The van der Waals surface area contributed by atoms with Crippen LogP contribution in [0.4, 0.5) is 5.69 Å². The first-order valence-corrected chi connectivity index (χ1v) is 9.50. The third-order valence-corrected chi connectivity index (χ3v) is 4.15. The zero-order valence-electron chi connectivity index (χ0n) is 14.5. The highest BCUT2D eigenvalue weighted by Gasteiger charge is 2.21. The maximum atomic E-state index is 10.8. The van der Waals surface area contributed by atoms with Gasteiger partial charge in [0.05, 0.1) is 34.4 Å². The SMILES string of the molecule is COc1cc2c(-c3ccc([N+](=O)[O-])cc3)[o+]c(C)cc2cc1Br.[O-][Cl+3]([O-])([O-])[O-]. The first-order chi connectivity index (χ1) is 13.0. The van der Waals surface area contributed by atoms with Crippen LogP contribution in [0.3, 0.4) is 0 Å². The quantitative estimate of drug-likeness (QED) is 0.304. The predicted octanol–water partition coefficient (Wildman–Crippen LogP) is 0.613. The predicted molar refractivity (Wildman–Crippen MR) is 91.7 cm³/mol. The van der Waals surface area contributed by atoms with E-state index in [4.69, 9.17) is 27.8 Å². The number of rotatable bonds is 3. The number of nitro benzene ring substituents is 1. The van der Waals surface area contributed by atoms with Crippen molar-refractivity contribution < 1.29 is 43.0 Å². The zero-order valence-corrected chi connectivity index (χ0v) is 16.9. The highest BCUT2D eigenvalue weighted by atomic mass is 79.9. The van der Waals surface area contributed by atoms with Crippen molar-refractivity contribution in [1.29, 1.82) is 0 Å². The molecule has 148 valence electrons. The molecule has 0 bridgehead atoms. The van der Waals surface area contributed by atoms with Gasteiger partial charge in [0, 0.05) is 23.6 Å². The second-order valence-corrected chi connectivity index (χ2v) is 7.05. The van der Waals surface area contributed by atoms with E-state index in [2.05, 4.69) is 15.9 Å². The number of hydrogen-bond acceptors (Lipinski definition) is 7. The van der Waals surface area contributed by atoms with E-state index in [-0.39, 0.29) is 5.69 Å². The Bertz CT molecular complexity index is 999. The molecule has 9 nitrogen and oxygen atoms in total. The number of methoxy groups -OCH3 is 1. The Labute approximate surface area is 169 Å². The van der Waals surface area contributed by atoms with Crippen molar-refractivity contribution in [2.45, 2.75) is 6.92 Å². The lowest BCUT2D eigenvalue weighted by Crippen LogP contribution is -2.68. The van der Waals surface area contributed by atoms with Crippen molar-refractivity contribution in [3.8, 4) is 17.1 Å². The largest absolute Gasteiger partial charge is 0.496 e. The zero-order chi connectivity index (χ0) is 21.1. The molecule has 0 saturated carbocycles. The van der Waals surface area contributed by atoms with Gasteiger partial charge in [0.25, 0.3) is 5.69 Å². The van der Waals surface area contributed by atoms with E-state index in [1.54, 1.807) is 19.2 Å². The second-order valence-electron chi connectivity index (χ2n) is 5.44. The van der Waals surface area contributed by atoms with Gasteiger partial charge in [-0.3, -0.25) is 10.1 Å². The van der Waals surface area contributed by atoms with Crippen LogP contribution in [0, 0.1) is 27.3 Å². The monoisotopic (exact) mass is 473 g/mol. The molecule has 0 unspecified atom stereocenters. The lowest BCUT2D eigenvalue weighted by atomic mass is 10.0. The smallest absolute Gasteiger partial charge is 0.368 e. The summed E-state index contributed by atoms with van der Waals surface area (Å²) in [5.41, 5.74) is 0.819. The molecule has 2 aromatic carbocycles. The summed E-state index contributed by atoms with van der Waals surface area (Å²) in [5.74, 6) is 2.10. The molecule has 0 spiro atoms. The molecule has 0 amide bonds. The van der Waals surface area contributed by atoms with E-state index in [0.717, 1.165) is 26.6 Å². The number of non-ortho nitro benzene ring substituents is 1. The Kier molecular flexibility index (Phi) is 6.88. The third kappa shape index (κ3) is 5.83. The van der Waals surface area contributed by atoms with Gasteiger partial charge in [-0.2, -0.15) is 0 Å². The molecule has 0 aliphatic rings. The summed E-state index contributed by atoms with van der Waals surface area (Å²) in [7, 11) is -3.34. The van der Waals surface area contributed by atoms with Gasteiger partial charge < -0.3 is 4.74 Å². The molecule has 0 aliphatic heterocycles. The molecule has 0 aliphatic carbocycles. The van der Waals surface area contributed by atoms with Gasteiger partial charge in [0.1, 0.15) is 5.75 Å². The van der Waals surface area contributed by atoms with E-state index >= 15 is 0 Å². The van der Waals surface area contributed by atoms with E-state index in [1.165, 1.54) is 12.1 Å². The van der Waals surface area contributed by atoms with E-state index in [0.29, 0.717) is 11.5 Å². The normalized spacial score (nSPS) is 11.0. The molecular weight excluding hydrogens is 462 g/mol. The molecule has 0 radical (unpaired) electrons. The van der Waals surface area contributed by atoms with Gasteiger partial charge in [-0.15, -0.1) is 10.2 Å². The highest BCUT2D eigenvalue weighted by Crippen LogP contribution is 2.37. The molecular formula is C17H13BrClNO8. The second kappa shape index (κ2) is 8.78. The Morgan fingerprint density at radius 1 is 1.07 bits per heavy atom. The van der Waals surface area contributed by atoms with E-state index in [1.807, 2.05) is 25.1 Å². The number of hydrogen-bond donors (Lipinski definition) is 0. The topological polar surface area (TPSA) is 156 Å². The highest BCUT2D eigenvalue weighted by molar-refractivity contribution is 9.10. The van der Waals surface area contributed by atoms with Crippen LogP contribution in [0.2, 0.25) is 0 Å². The molecule has 3 aromatic rings. The summed E-state index contributed by atoms with van der Waals surface area (Å²) in [6.45, 7) is 1.87. The lowest BCUT2D eigenvalue weighted by Gasteiger charge is -2.17. The molecule has 0 saturated heterocycles. The maximum absolute atomic E-state index is 10.8. The average molecular weight is 475 g/mol.